The van der Waals surface area contributed by atoms with Gasteiger partial charge in [-0.3, -0.25) is 4.90 Å². The van der Waals surface area contributed by atoms with Crippen LogP contribution in [0.15, 0.2) is 30.3 Å². The van der Waals surface area contributed by atoms with Gasteiger partial charge in [0.15, 0.2) is 0 Å². The number of nitrogens with one attached hydrogen (secondary N) is 1. The fourth-order valence-electron chi connectivity index (χ4n) is 2.15. The number of carbonyl (C=O) groups excluding carboxylic acids is 1. The second-order valence-corrected chi connectivity index (χ2v) is 4.68. The van der Waals surface area contributed by atoms with Crippen LogP contribution in [0.3, 0.4) is 0 Å². The molecule has 0 atom stereocenters. The van der Waals surface area contributed by atoms with Crippen LogP contribution in [0.25, 0.3) is 0 Å². The van der Waals surface area contributed by atoms with E-state index in [0.717, 1.165) is 17.4 Å². The van der Waals surface area contributed by atoms with Crippen molar-refractivity contribution >= 4 is 6.03 Å². The Hall–Kier alpha value is -1.76. The lowest BCUT2D eigenvalue weighted by Crippen LogP contribution is -2.54. The fourth-order valence-corrected chi connectivity index (χ4v) is 2.15. The predicted octanol–water partition coefficient (Wildman–Crippen LogP) is 2.03. The number of nitrogens with zero attached hydrogens (tertiary/aromatic N) is 2. The summed E-state index contributed by atoms with van der Waals surface area (Å²) in [5, 5.41) is 1.02. The van der Waals surface area contributed by atoms with Crippen LogP contribution in [0.4, 0.5) is 18.0 Å². The summed E-state index contributed by atoms with van der Waals surface area (Å²) in [7, 11) is 0. The summed E-state index contributed by atoms with van der Waals surface area (Å²) in [6, 6.07) is 8.76. The number of urea groups is 1. The van der Waals surface area contributed by atoms with E-state index in [0.29, 0.717) is 26.2 Å². The van der Waals surface area contributed by atoms with Gasteiger partial charge >= 0.3 is 12.3 Å². The van der Waals surface area contributed by atoms with Crippen LogP contribution in [0.1, 0.15) is 5.56 Å². The molecule has 0 radical (unpaired) electrons. The smallest absolute Gasteiger partial charge is 0.322 e. The Morgan fingerprint density at radius 1 is 1.10 bits per heavy atom. The maximum absolute atomic E-state index is 12.1. The van der Waals surface area contributed by atoms with Crippen LogP contribution in [-0.2, 0) is 6.54 Å². The highest BCUT2D eigenvalue weighted by Gasteiger charge is 2.33. The molecule has 20 heavy (non-hydrogen) atoms. The maximum Gasteiger partial charge on any atom is 0.485 e. The van der Waals surface area contributed by atoms with Gasteiger partial charge in [-0.1, -0.05) is 30.3 Å². The van der Waals surface area contributed by atoms with Crippen molar-refractivity contribution in [2.24, 2.45) is 0 Å². The molecule has 2 rings (SSSR count). The Morgan fingerprint density at radius 3 is 2.25 bits per heavy atom. The van der Waals surface area contributed by atoms with Gasteiger partial charge in [-0.25, -0.2) is 10.1 Å². The molecule has 0 bridgehead atoms. The third kappa shape index (κ3) is 4.41. The van der Waals surface area contributed by atoms with Crippen LogP contribution in [0.2, 0.25) is 0 Å². The van der Waals surface area contributed by atoms with E-state index in [4.69, 9.17) is 0 Å². The molecule has 2 amide bonds. The largest absolute Gasteiger partial charge is 0.485 e. The molecular weight excluding hydrogens is 271 g/mol. The van der Waals surface area contributed by atoms with Crippen LogP contribution >= 0.6 is 0 Å². The van der Waals surface area contributed by atoms with Crippen molar-refractivity contribution < 1.29 is 18.0 Å². The van der Waals surface area contributed by atoms with Crippen LogP contribution < -0.4 is 5.32 Å². The Balaban J connectivity index is 1.79. The van der Waals surface area contributed by atoms with Crippen molar-refractivity contribution in [3.63, 3.8) is 0 Å². The van der Waals surface area contributed by atoms with E-state index in [-0.39, 0.29) is 0 Å². The first-order valence-electron chi connectivity index (χ1n) is 6.34. The monoisotopic (exact) mass is 287 g/mol. The van der Waals surface area contributed by atoms with E-state index in [9.17, 15) is 18.0 Å². The average molecular weight is 287 g/mol. The second-order valence-electron chi connectivity index (χ2n) is 4.68. The highest BCUT2D eigenvalue weighted by atomic mass is 19.4. The van der Waals surface area contributed by atoms with E-state index in [2.05, 4.69) is 4.90 Å². The quantitative estimate of drug-likeness (QED) is 0.845. The molecule has 0 aromatic heterocycles. The van der Waals surface area contributed by atoms with Gasteiger partial charge in [0.1, 0.15) is 0 Å². The number of carbonyl (C=O) groups is 1. The van der Waals surface area contributed by atoms with Gasteiger partial charge in [0.25, 0.3) is 0 Å². The van der Waals surface area contributed by atoms with E-state index >= 15 is 0 Å². The summed E-state index contributed by atoms with van der Waals surface area (Å²) < 4.78 is 36.2. The molecule has 0 aliphatic carbocycles. The lowest BCUT2D eigenvalue weighted by molar-refractivity contribution is -0.147. The summed E-state index contributed by atoms with van der Waals surface area (Å²) in [6.45, 7) is 2.49. The van der Waals surface area contributed by atoms with Crippen molar-refractivity contribution in [3.8, 4) is 0 Å². The number of rotatable bonds is 2. The molecule has 1 aromatic rings. The Morgan fingerprint density at radius 2 is 1.70 bits per heavy atom. The molecule has 1 fully saturated rings. The van der Waals surface area contributed by atoms with Crippen molar-refractivity contribution in [3.05, 3.63) is 35.9 Å². The Bertz CT molecular complexity index is 442. The Labute approximate surface area is 115 Å². The zero-order valence-electron chi connectivity index (χ0n) is 10.9. The highest BCUT2D eigenvalue weighted by Crippen LogP contribution is 2.12. The SMILES string of the molecule is O=C(NC(F)(F)F)N1CCN(Cc2ccccc2)CC1. The third-order valence-corrected chi connectivity index (χ3v) is 3.16. The fraction of sp³-hybridized carbons (Fsp3) is 0.462. The summed E-state index contributed by atoms with van der Waals surface area (Å²) in [5.74, 6) is 0. The molecule has 7 heteroatoms. The van der Waals surface area contributed by atoms with Crippen LogP contribution in [-0.4, -0.2) is 48.3 Å². The molecule has 110 valence electrons. The van der Waals surface area contributed by atoms with Gasteiger partial charge in [-0.05, 0) is 5.56 Å². The van der Waals surface area contributed by atoms with E-state index in [1.807, 2.05) is 30.3 Å². The van der Waals surface area contributed by atoms with Crippen molar-refractivity contribution in [2.75, 3.05) is 26.2 Å². The number of alkyl halides is 3. The molecule has 4 nitrogen and oxygen atoms in total. The molecule has 1 aromatic carbocycles. The van der Waals surface area contributed by atoms with Gasteiger partial charge < -0.3 is 4.90 Å². The van der Waals surface area contributed by atoms with Crippen LogP contribution in [0.5, 0.6) is 0 Å². The average Bonchev–Trinajstić information content (AvgIpc) is 2.39. The van der Waals surface area contributed by atoms with Gasteiger partial charge in [-0.15, -0.1) is 0 Å². The molecular formula is C13H16F3N3O. The number of halogens is 3. The first-order chi connectivity index (χ1) is 9.44. The number of piperazine rings is 1. The van der Waals surface area contributed by atoms with Crippen molar-refractivity contribution in [1.82, 2.24) is 15.1 Å². The van der Waals surface area contributed by atoms with Crippen molar-refractivity contribution in [1.29, 1.82) is 0 Å². The molecule has 0 spiro atoms. The van der Waals surface area contributed by atoms with Crippen molar-refractivity contribution in [2.45, 2.75) is 12.8 Å². The normalized spacial score (nSPS) is 17.1. The molecule has 1 saturated heterocycles. The topological polar surface area (TPSA) is 35.6 Å². The highest BCUT2D eigenvalue weighted by molar-refractivity contribution is 5.74. The summed E-state index contributed by atoms with van der Waals surface area (Å²) in [6.07, 6.45) is -4.67. The number of hydrogen-bond donors (Lipinski definition) is 1. The van der Waals surface area contributed by atoms with Gasteiger partial charge in [0.05, 0.1) is 0 Å². The number of benzene rings is 1. The van der Waals surface area contributed by atoms with E-state index in [1.165, 1.54) is 4.90 Å². The minimum Gasteiger partial charge on any atom is -0.322 e. The summed E-state index contributed by atoms with van der Waals surface area (Å²) >= 11 is 0. The van der Waals surface area contributed by atoms with Gasteiger partial charge in [-0.2, -0.15) is 13.2 Å². The minimum absolute atomic E-state index is 0.300. The molecule has 1 N–H and O–H groups in total. The molecule has 0 saturated carbocycles. The van der Waals surface area contributed by atoms with E-state index in [1.54, 1.807) is 0 Å². The van der Waals surface area contributed by atoms with Crippen LogP contribution in [0, 0.1) is 0 Å². The maximum atomic E-state index is 12.1. The molecule has 1 heterocycles. The van der Waals surface area contributed by atoms with Gasteiger partial charge in [0, 0.05) is 32.7 Å². The third-order valence-electron chi connectivity index (χ3n) is 3.16. The lowest BCUT2D eigenvalue weighted by atomic mass is 10.2. The van der Waals surface area contributed by atoms with Gasteiger partial charge in [0.2, 0.25) is 0 Å². The summed E-state index contributed by atoms with van der Waals surface area (Å²) in [5.41, 5.74) is 1.15. The predicted molar refractivity (Wildman–Crippen MR) is 67.9 cm³/mol. The lowest BCUT2D eigenvalue weighted by Gasteiger charge is -2.34. The molecule has 1 aliphatic rings. The first kappa shape index (κ1) is 14.6. The molecule has 1 aliphatic heterocycles. The first-order valence-corrected chi connectivity index (χ1v) is 6.34. The second kappa shape index (κ2) is 6.13. The Kier molecular flexibility index (Phi) is 4.49. The number of hydrogen-bond acceptors (Lipinski definition) is 2. The van der Waals surface area contributed by atoms with E-state index < -0.39 is 12.3 Å². The molecule has 0 unspecified atom stereocenters. The zero-order chi connectivity index (χ0) is 14.6. The zero-order valence-corrected chi connectivity index (χ0v) is 10.9. The minimum atomic E-state index is -4.67. The summed E-state index contributed by atoms with van der Waals surface area (Å²) in [4.78, 5) is 14.7. The number of amides is 2. The standard InChI is InChI=1S/C13H16F3N3O/c14-13(15,16)17-12(20)19-8-6-18(7-9-19)10-11-4-2-1-3-5-11/h1-5H,6-10H2,(H,17,20).